The zero-order valence-corrected chi connectivity index (χ0v) is 13.6. The number of nitrogens with one attached hydrogen (secondary N) is 2. The van der Waals surface area contributed by atoms with Gasteiger partial charge in [-0.3, -0.25) is 9.78 Å². The second-order valence-electron chi connectivity index (χ2n) is 5.89. The van der Waals surface area contributed by atoms with Gasteiger partial charge in [-0.1, -0.05) is 12.1 Å². The van der Waals surface area contributed by atoms with Crippen LogP contribution in [0.1, 0.15) is 12.0 Å². The fraction of sp³-hybridized carbons (Fsp3) is 0.278. The summed E-state index contributed by atoms with van der Waals surface area (Å²) in [6, 6.07) is 11.0. The van der Waals surface area contributed by atoms with Crippen molar-refractivity contribution in [3.05, 3.63) is 58.5 Å². The number of aromatic amines is 1. The van der Waals surface area contributed by atoms with E-state index in [2.05, 4.69) is 20.3 Å². The number of aromatic nitrogens is 3. The maximum absolute atomic E-state index is 12.1. The fourth-order valence-electron chi connectivity index (χ4n) is 2.76. The van der Waals surface area contributed by atoms with Gasteiger partial charge in [0.15, 0.2) is 0 Å². The van der Waals surface area contributed by atoms with Crippen molar-refractivity contribution in [2.45, 2.75) is 19.1 Å². The first-order valence-corrected chi connectivity index (χ1v) is 8.20. The molecule has 1 aliphatic rings. The van der Waals surface area contributed by atoms with Crippen LogP contribution in [-0.4, -0.2) is 34.3 Å². The quantitative estimate of drug-likeness (QED) is 0.740. The predicted molar refractivity (Wildman–Crippen MR) is 93.8 cm³/mol. The van der Waals surface area contributed by atoms with Crippen molar-refractivity contribution in [2.75, 3.05) is 18.5 Å². The fourth-order valence-corrected chi connectivity index (χ4v) is 2.76. The van der Waals surface area contributed by atoms with E-state index in [1.807, 2.05) is 30.3 Å². The number of fused-ring (bicyclic) bond motifs is 1. The van der Waals surface area contributed by atoms with E-state index in [0.29, 0.717) is 35.9 Å². The number of benzene rings is 1. The summed E-state index contributed by atoms with van der Waals surface area (Å²) in [4.78, 5) is 23.5. The zero-order chi connectivity index (χ0) is 17.1. The largest absolute Gasteiger partial charge is 0.472 e. The van der Waals surface area contributed by atoms with Gasteiger partial charge in [0, 0.05) is 25.2 Å². The Hall–Kier alpha value is -2.93. The van der Waals surface area contributed by atoms with Gasteiger partial charge in [-0.15, -0.1) is 0 Å². The minimum absolute atomic E-state index is 0.0641. The van der Waals surface area contributed by atoms with E-state index in [1.54, 1.807) is 12.3 Å². The van der Waals surface area contributed by atoms with Crippen molar-refractivity contribution >= 4 is 16.9 Å². The van der Waals surface area contributed by atoms with Crippen LogP contribution in [0.5, 0.6) is 5.88 Å². The maximum Gasteiger partial charge on any atom is 0.260 e. The number of hydrogen-bond donors (Lipinski definition) is 2. The third-order valence-corrected chi connectivity index (χ3v) is 4.05. The predicted octanol–water partition coefficient (Wildman–Crippen LogP) is 2.10. The number of nitrogens with zero attached hydrogens (tertiary/aromatic N) is 2. The second kappa shape index (κ2) is 6.90. The number of para-hydroxylation sites is 1. The molecule has 1 aliphatic heterocycles. The van der Waals surface area contributed by atoms with Crippen molar-refractivity contribution in [3.63, 3.8) is 0 Å². The van der Waals surface area contributed by atoms with Gasteiger partial charge in [0.1, 0.15) is 6.10 Å². The average Bonchev–Trinajstić information content (AvgIpc) is 3.13. The monoisotopic (exact) mass is 338 g/mol. The summed E-state index contributed by atoms with van der Waals surface area (Å²) in [6.45, 7) is 1.83. The summed E-state index contributed by atoms with van der Waals surface area (Å²) in [7, 11) is 0. The number of pyridine rings is 1. The van der Waals surface area contributed by atoms with Crippen LogP contribution in [0.4, 0.5) is 5.95 Å². The highest BCUT2D eigenvalue weighted by molar-refractivity contribution is 5.78. The first kappa shape index (κ1) is 15.6. The molecule has 2 N–H and O–H groups in total. The van der Waals surface area contributed by atoms with Crippen LogP contribution in [0.15, 0.2) is 47.4 Å². The van der Waals surface area contributed by atoms with Crippen molar-refractivity contribution in [2.24, 2.45) is 0 Å². The molecule has 0 amide bonds. The topological polar surface area (TPSA) is 89.1 Å². The van der Waals surface area contributed by atoms with Gasteiger partial charge in [-0.05, 0) is 23.8 Å². The molecular weight excluding hydrogens is 320 g/mol. The third-order valence-electron chi connectivity index (χ3n) is 4.05. The zero-order valence-electron chi connectivity index (χ0n) is 13.6. The lowest BCUT2D eigenvalue weighted by Crippen LogP contribution is -2.16. The van der Waals surface area contributed by atoms with Gasteiger partial charge >= 0.3 is 0 Å². The van der Waals surface area contributed by atoms with Crippen molar-refractivity contribution in [1.29, 1.82) is 0 Å². The molecule has 3 aromatic rings. The van der Waals surface area contributed by atoms with E-state index in [-0.39, 0.29) is 11.7 Å². The van der Waals surface area contributed by atoms with E-state index in [4.69, 9.17) is 9.47 Å². The summed E-state index contributed by atoms with van der Waals surface area (Å²) in [5.41, 5.74) is 1.49. The molecule has 0 aliphatic carbocycles. The Bertz CT molecular complexity index is 935. The molecule has 1 aromatic carbocycles. The first-order chi connectivity index (χ1) is 12.3. The molecule has 7 nitrogen and oxygen atoms in total. The van der Waals surface area contributed by atoms with Gasteiger partial charge in [-0.25, -0.2) is 9.97 Å². The number of anilines is 1. The molecule has 4 rings (SSSR count). The van der Waals surface area contributed by atoms with E-state index in [9.17, 15) is 4.79 Å². The number of hydrogen-bond acceptors (Lipinski definition) is 6. The van der Waals surface area contributed by atoms with Gasteiger partial charge in [0.2, 0.25) is 11.8 Å². The second-order valence-corrected chi connectivity index (χ2v) is 5.89. The van der Waals surface area contributed by atoms with E-state index in [1.165, 1.54) is 0 Å². The van der Waals surface area contributed by atoms with Crippen LogP contribution in [0.25, 0.3) is 10.9 Å². The lowest BCUT2D eigenvalue weighted by Gasteiger charge is -2.12. The maximum atomic E-state index is 12.1. The summed E-state index contributed by atoms with van der Waals surface area (Å²) >= 11 is 0. The van der Waals surface area contributed by atoms with Crippen LogP contribution in [0.2, 0.25) is 0 Å². The van der Waals surface area contributed by atoms with Crippen LogP contribution in [-0.2, 0) is 11.3 Å². The molecule has 7 heteroatoms. The molecule has 2 aromatic heterocycles. The molecule has 128 valence electrons. The molecular formula is C18H18N4O3. The van der Waals surface area contributed by atoms with Crippen LogP contribution >= 0.6 is 0 Å². The molecule has 0 radical (unpaired) electrons. The highest BCUT2D eigenvalue weighted by atomic mass is 16.5. The molecule has 1 saturated heterocycles. The highest BCUT2D eigenvalue weighted by Crippen LogP contribution is 2.16. The van der Waals surface area contributed by atoms with Gasteiger partial charge in [-0.2, -0.15) is 0 Å². The molecule has 3 heterocycles. The van der Waals surface area contributed by atoms with Crippen molar-refractivity contribution in [1.82, 2.24) is 15.0 Å². The Kier molecular flexibility index (Phi) is 4.30. The third kappa shape index (κ3) is 3.61. The van der Waals surface area contributed by atoms with E-state index >= 15 is 0 Å². The summed E-state index contributed by atoms with van der Waals surface area (Å²) < 4.78 is 11.1. The standard InChI is InChI=1S/C18H18N4O3/c23-17-14-3-1-2-4-15(14)21-18(22-17)20-10-12-5-7-19-16(9-12)25-13-6-8-24-11-13/h1-5,7,9,13H,6,8,10-11H2,(H2,20,21,22,23). The highest BCUT2D eigenvalue weighted by Gasteiger charge is 2.17. The number of rotatable bonds is 5. The van der Waals surface area contributed by atoms with Gasteiger partial charge < -0.3 is 14.8 Å². The molecule has 0 saturated carbocycles. The van der Waals surface area contributed by atoms with Crippen molar-refractivity contribution < 1.29 is 9.47 Å². The minimum atomic E-state index is -0.159. The molecule has 25 heavy (non-hydrogen) atoms. The summed E-state index contributed by atoms with van der Waals surface area (Å²) in [5.74, 6) is 1.02. The smallest absolute Gasteiger partial charge is 0.260 e. The van der Waals surface area contributed by atoms with Crippen LogP contribution < -0.4 is 15.6 Å². The first-order valence-electron chi connectivity index (χ1n) is 8.20. The Morgan fingerprint density at radius 1 is 1.32 bits per heavy atom. The molecule has 0 bridgehead atoms. The van der Waals surface area contributed by atoms with Crippen LogP contribution in [0, 0.1) is 0 Å². The summed E-state index contributed by atoms with van der Waals surface area (Å²) in [6.07, 6.45) is 2.65. The molecule has 1 atom stereocenters. The lowest BCUT2D eigenvalue weighted by atomic mass is 10.2. The Morgan fingerprint density at radius 3 is 3.12 bits per heavy atom. The summed E-state index contributed by atoms with van der Waals surface area (Å²) in [5, 5.41) is 3.72. The normalized spacial score (nSPS) is 16.9. The Balaban J connectivity index is 1.47. The van der Waals surface area contributed by atoms with E-state index < -0.39 is 0 Å². The Labute approximate surface area is 144 Å². The molecule has 1 fully saturated rings. The van der Waals surface area contributed by atoms with Crippen molar-refractivity contribution in [3.8, 4) is 5.88 Å². The number of ether oxygens (including phenoxy) is 2. The average molecular weight is 338 g/mol. The lowest BCUT2D eigenvalue weighted by molar-refractivity contribution is 0.138. The Morgan fingerprint density at radius 2 is 2.24 bits per heavy atom. The van der Waals surface area contributed by atoms with Crippen LogP contribution in [0.3, 0.4) is 0 Å². The number of H-pyrrole nitrogens is 1. The van der Waals surface area contributed by atoms with Gasteiger partial charge in [0.25, 0.3) is 5.56 Å². The van der Waals surface area contributed by atoms with Gasteiger partial charge in [0.05, 0.1) is 24.1 Å². The minimum Gasteiger partial charge on any atom is -0.472 e. The molecule has 0 spiro atoms. The molecule has 1 unspecified atom stereocenters. The SMILES string of the molecule is O=c1[nH]c(NCc2ccnc(OC3CCOC3)c2)nc2ccccc12. The van der Waals surface area contributed by atoms with E-state index in [0.717, 1.165) is 18.6 Å².